The van der Waals surface area contributed by atoms with Crippen molar-refractivity contribution in [2.75, 3.05) is 0 Å². The second-order valence-electron chi connectivity index (χ2n) is 5.60. The first-order valence-electron chi connectivity index (χ1n) is 4.60. The minimum atomic E-state index is 0.144. The molecule has 0 aromatic heterocycles. The summed E-state index contributed by atoms with van der Waals surface area (Å²) in [6, 6.07) is 0. The molecule has 1 aliphatic heterocycles. The highest BCUT2D eigenvalue weighted by Gasteiger charge is 2.60. The second-order valence-corrected chi connectivity index (χ2v) is 5.60. The molecule has 1 aliphatic rings. The highest BCUT2D eigenvalue weighted by molar-refractivity contribution is 5.38. The highest BCUT2D eigenvalue weighted by atomic mass is 15.3. The lowest BCUT2D eigenvalue weighted by Gasteiger charge is -2.28. The van der Waals surface area contributed by atoms with Crippen LogP contribution in [-0.4, -0.2) is 11.1 Å². The van der Waals surface area contributed by atoms with Crippen LogP contribution in [-0.2, 0) is 0 Å². The highest BCUT2D eigenvalue weighted by Crippen LogP contribution is 2.48. The summed E-state index contributed by atoms with van der Waals surface area (Å²) in [7, 11) is 0. The fourth-order valence-electron chi connectivity index (χ4n) is 1.80. The first-order chi connectivity index (χ1) is 5.11. The third kappa shape index (κ3) is 1.20. The monoisotopic (exact) mass is 167 g/mol. The Bertz CT molecular complexity index is 220. The van der Waals surface area contributed by atoms with Crippen LogP contribution >= 0.6 is 0 Å². The van der Waals surface area contributed by atoms with E-state index in [1.165, 1.54) is 5.57 Å². The lowest BCUT2D eigenvalue weighted by Crippen LogP contribution is -2.27. The lowest BCUT2D eigenvalue weighted by molar-refractivity contribution is 0.446. The maximum absolute atomic E-state index is 4.19. The molecule has 0 aliphatic carbocycles. The normalized spacial score (nSPS) is 33.2. The molecular formula is C11H21N. The van der Waals surface area contributed by atoms with Crippen LogP contribution in [0.3, 0.4) is 0 Å². The smallest absolute Gasteiger partial charge is 0.0552 e. The van der Waals surface area contributed by atoms with Crippen LogP contribution in [0.5, 0.6) is 0 Å². The van der Waals surface area contributed by atoms with Gasteiger partial charge in [-0.15, -0.1) is 0 Å². The summed E-state index contributed by atoms with van der Waals surface area (Å²) in [5.74, 6) is 0. The van der Waals surface area contributed by atoms with E-state index in [4.69, 9.17) is 0 Å². The molecule has 0 amide bonds. The topological polar surface area (TPSA) is 21.9 Å². The van der Waals surface area contributed by atoms with Gasteiger partial charge in [0.1, 0.15) is 0 Å². The summed E-state index contributed by atoms with van der Waals surface area (Å²) in [5, 5.41) is 3.49. The van der Waals surface area contributed by atoms with Gasteiger partial charge in [0.05, 0.1) is 5.54 Å². The zero-order valence-electron chi connectivity index (χ0n) is 9.21. The van der Waals surface area contributed by atoms with E-state index in [0.29, 0.717) is 0 Å². The van der Waals surface area contributed by atoms with Crippen molar-refractivity contribution in [1.29, 1.82) is 0 Å². The van der Waals surface area contributed by atoms with Gasteiger partial charge < -0.3 is 0 Å². The minimum Gasteiger partial charge on any atom is -0.299 e. The van der Waals surface area contributed by atoms with Crippen LogP contribution in [0, 0.1) is 5.41 Å². The van der Waals surface area contributed by atoms with Gasteiger partial charge in [0, 0.05) is 5.54 Å². The van der Waals surface area contributed by atoms with E-state index in [0.717, 1.165) is 0 Å². The Balaban J connectivity index is 2.82. The van der Waals surface area contributed by atoms with E-state index in [-0.39, 0.29) is 16.5 Å². The van der Waals surface area contributed by atoms with Gasteiger partial charge in [-0.05, 0) is 26.2 Å². The summed E-state index contributed by atoms with van der Waals surface area (Å²) in [4.78, 5) is 0. The van der Waals surface area contributed by atoms with Crippen molar-refractivity contribution in [3.63, 3.8) is 0 Å². The van der Waals surface area contributed by atoms with Gasteiger partial charge in [-0.3, -0.25) is 5.32 Å². The quantitative estimate of drug-likeness (QED) is 0.471. The second kappa shape index (κ2) is 2.14. The molecule has 1 heteroatoms. The number of hydrogen-bond acceptors (Lipinski definition) is 1. The molecule has 0 radical (unpaired) electrons. The van der Waals surface area contributed by atoms with E-state index in [1.807, 2.05) is 0 Å². The molecule has 0 bridgehead atoms. The van der Waals surface area contributed by atoms with Crippen LogP contribution < -0.4 is 5.32 Å². The molecule has 1 nitrogen and oxygen atoms in total. The van der Waals surface area contributed by atoms with Crippen LogP contribution in [0.2, 0.25) is 0 Å². The molecule has 1 rings (SSSR count). The Morgan fingerprint density at radius 2 is 1.50 bits per heavy atom. The molecule has 70 valence electrons. The van der Waals surface area contributed by atoms with Crippen molar-refractivity contribution in [2.45, 2.75) is 52.6 Å². The predicted octanol–water partition coefficient (Wildman–Crippen LogP) is 2.73. The van der Waals surface area contributed by atoms with Crippen molar-refractivity contribution in [2.24, 2.45) is 5.41 Å². The van der Waals surface area contributed by atoms with Crippen molar-refractivity contribution in [3.8, 4) is 0 Å². The Morgan fingerprint density at radius 3 is 1.58 bits per heavy atom. The Kier molecular flexibility index (Phi) is 1.74. The van der Waals surface area contributed by atoms with E-state index >= 15 is 0 Å². The fourth-order valence-corrected chi connectivity index (χ4v) is 1.80. The van der Waals surface area contributed by atoms with E-state index in [9.17, 15) is 0 Å². The van der Waals surface area contributed by atoms with Crippen molar-refractivity contribution in [1.82, 2.24) is 5.32 Å². The Hall–Kier alpha value is -0.300. The maximum atomic E-state index is 4.19. The molecule has 0 aromatic carbocycles. The van der Waals surface area contributed by atoms with Gasteiger partial charge in [0.2, 0.25) is 0 Å². The zero-order chi connectivity index (χ0) is 9.78. The molecule has 12 heavy (non-hydrogen) atoms. The summed E-state index contributed by atoms with van der Waals surface area (Å²) < 4.78 is 0. The Morgan fingerprint density at radius 1 is 1.17 bits per heavy atom. The van der Waals surface area contributed by atoms with Crippen LogP contribution in [0.25, 0.3) is 0 Å². The van der Waals surface area contributed by atoms with Crippen LogP contribution in [0.4, 0.5) is 0 Å². The molecule has 1 N–H and O–H groups in total. The van der Waals surface area contributed by atoms with Crippen molar-refractivity contribution in [3.05, 3.63) is 12.2 Å². The molecular weight excluding hydrogens is 146 g/mol. The summed E-state index contributed by atoms with van der Waals surface area (Å²) >= 11 is 0. The lowest BCUT2D eigenvalue weighted by atomic mass is 9.76. The molecule has 1 heterocycles. The number of nitrogens with one attached hydrogen (secondary N) is 1. The predicted molar refractivity (Wildman–Crippen MR) is 54.2 cm³/mol. The van der Waals surface area contributed by atoms with Crippen molar-refractivity contribution < 1.29 is 0 Å². The first-order valence-corrected chi connectivity index (χ1v) is 4.60. The maximum Gasteiger partial charge on any atom is 0.0552 e. The minimum absolute atomic E-state index is 0.144. The molecule has 1 atom stereocenters. The van der Waals surface area contributed by atoms with Gasteiger partial charge in [0.25, 0.3) is 0 Å². The molecule has 0 spiro atoms. The first kappa shape index (κ1) is 9.79. The van der Waals surface area contributed by atoms with E-state index < -0.39 is 0 Å². The van der Waals surface area contributed by atoms with Crippen LogP contribution in [0.1, 0.15) is 41.5 Å². The standard InChI is InChI=1S/C11H21N/c1-8(9(2,3)4)11(7)10(5,6)12-11/h12H,1H2,2-7H3. The van der Waals surface area contributed by atoms with Crippen molar-refractivity contribution >= 4 is 0 Å². The summed E-state index contributed by atoms with van der Waals surface area (Å²) in [6.07, 6.45) is 0. The molecule has 0 aromatic rings. The van der Waals surface area contributed by atoms with Gasteiger partial charge >= 0.3 is 0 Å². The average Bonchev–Trinajstić information content (AvgIpc) is 2.30. The molecule has 1 fully saturated rings. The number of rotatable bonds is 1. The van der Waals surface area contributed by atoms with Gasteiger partial charge in [-0.25, -0.2) is 0 Å². The molecule has 1 saturated heterocycles. The Labute approximate surface area is 76.2 Å². The SMILES string of the molecule is C=C(C(C)(C)C)C1(C)NC1(C)C. The third-order valence-corrected chi connectivity index (χ3v) is 3.26. The fraction of sp³-hybridized carbons (Fsp3) is 0.818. The van der Waals surface area contributed by atoms with Crippen LogP contribution in [0.15, 0.2) is 12.2 Å². The van der Waals surface area contributed by atoms with E-state index in [2.05, 4.69) is 53.4 Å². The third-order valence-electron chi connectivity index (χ3n) is 3.26. The van der Waals surface area contributed by atoms with E-state index in [1.54, 1.807) is 0 Å². The zero-order valence-corrected chi connectivity index (χ0v) is 9.21. The summed E-state index contributed by atoms with van der Waals surface area (Å²) in [5.41, 5.74) is 1.89. The number of hydrogen-bond donors (Lipinski definition) is 1. The van der Waals surface area contributed by atoms with Gasteiger partial charge in [-0.2, -0.15) is 0 Å². The largest absolute Gasteiger partial charge is 0.299 e. The van der Waals surface area contributed by atoms with Gasteiger partial charge in [0.15, 0.2) is 0 Å². The molecule has 1 unspecified atom stereocenters. The van der Waals surface area contributed by atoms with Gasteiger partial charge in [-0.1, -0.05) is 32.9 Å². The average molecular weight is 167 g/mol. The summed E-state index contributed by atoms with van der Waals surface area (Å²) in [6.45, 7) is 17.5. The molecule has 0 saturated carbocycles.